The van der Waals surface area contributed by atoms with Crippen LogP contribution in [0.15, 0.2) is 4.99 Å². The normalized spacial score (nSPS) is 27.6. The molecule has 3 rings (SSSR count). The van der Waals surface area contributed by atoms with Gasteiger partial charge in [-0.05, 0) is 26.7 Å². The third kappa shape index (κ3) is 3.41. The van der Waals surface area contributed by atoms with Gasteiger partial charge in [0.05, 0.1) is 19.6 Å². The van der Waals surface area contributed by atoms with E-state index in [2.05, 4.69) is 33.2 Å². The molecule has 0 aromatic carbocycles. The lowest BCUT2D eigenvalue weighted by Crippen LogP contribution is -2.64. The first-order chi connectivity index (χ1) is 13.0. The van der Waals surface area contributed by atoms with Crippen LogP contribution in [0.25, 0.3) is 0 Å². The van der Waals surface area contributed by atoms with Gasteiger partial charge in [0.15, 0.2) is 0 Å². The van der Waals surface area contributed by atoms with Crippen molar-refractivity contribution in [3.05, 3.63) is 0 Å². The first kappa shape index (κ1) is 18.9. The second-order valence-corrected chi connectivity index (χ2v) is 6.77. The quantitative estimate of drug-likeness (QED) is 0.525. The van der Waals surface area contributed by atoms with Crippen molar-refractivity contribution in [2.24, 2.45) is 10.7 Å². The maximum Gasteiger partial charge on any atom is 0.393 e. The number of imide groups is 1. The number of rotatable bonds is 2. The van der Waals surface area contributed by atoms with Crippen molar-refractivity contribution in [1.82, 2.24) is 14.7 Å². The molecule has 8 nitrogen and oxygen atoms in total. The van der Waals surface area contributed by atoms with Crippen LogP contribution in [0.2, 0.25) is 0 Å². The Bertz CT molecular complexity index is 838. The van der Waals surface area contributed by atoms with E-state index in [1.54, 1.807) is 20.9 Å². The van der Waals surface area contributed by atoms with Gasteiger partial charge in [0.25, 0.3) is 5.91 Å². The number of hydrogen-bond donors (Lipinski definition) is 1. The highest BCUT2D eigenvalue weighted by atomic mass is 16.2. The molecule has 0 radical (unpaired) electrons. The molecule has 3 amide bonds. The number of urea groups is 1. The van der Waals surface area contributed by atoms with Crippen LogP contribution in [-0.2, 0) is 4.79 Å². The van der Waals surface area contributed by atoms with Gasteiger partial charge < -0.3 is 5.73 Å². The van der Waals surface area contributed by atoms with E-state index in [1.807, 2.05) is 4.90 Å². The Labute approximate surface area is 159 Å². The lowest BCUT2D eigenvalue weighted by atomic mass is 10.1. The van der Waals surface area contributed by atoms with Gasteiger partial charge in [-0.3, -0.25) is 14.3 Å². The van der Waals surface area contributed by atoms with Crippen LogP contribution in [-0.4, -0.2) is 88.3 Å². The predicted octanol–water partition coefficient (Wildman–Crippen LogP) is -0.501. The molecule has 3 aliphatic rings. The smallest absolute Gasteiger partial charge is 0.325 e. The fraction of sp³-hybridized carbons (Fsp3) is 0.579. The zero-order valence-corrected chi connectivity index (χ0v) is 16.0. The summed E-state index contributed by atoms with van der Waals surface area (Å²) in [6.45, 7) is 5.36. The van der Waals surface area contributed by atoms with Crippen molar-refractivity contribution >= 4 is 23.7 Å². The summed E-state index contributed by atoms with van der Waals surface area (Å²) in [4.78, 5) is 34.9. The van der Waals surface area contributed by atoms with E-state index in [0.29, 0.717) is 24.9 Å². The van der Waals surface area contributed by atoms with Gasteiger partial charge in [-0.1, -0.05) is 16.8 Å². The highest BCUT2D eigenvalue weighted by molar-refractivity contribution is 6.25. The van der Waals surface area contributed by atoms with Gasteiger partial charge in [0.1, 0.15) is 6.54 Å². The van der Waals surface area contributed by atoms with Crippen molar-refractivity contribution in [3.8, 4) is 23.7 Å². The molecule has 3 aliphatic heterocycles. The average molecular weight is 369 g/mol. The number of hydrogen-bond acceptors (Lipinski definition) is 3. The summed E-state index contributed by atoms with van der Waals surface area (Å²) in [6, 6.07) is -1.00. The van der Waals surface area contributed by atoms with Crippen LogP contribution in [0.4, 0.5) is 4.79 Å². The number of amidine groups is 1. The summed E-state index contributed by atoms with van der Waals surface area (Å²) in [7, 11) is 1.64. The lowest BCUT2D eigenvalue weighted by molar-refractivity contribution is -0.544. The van der Waals surface area contributed by atoms with Gasteiger partial charge >= 0.3 is 12.0 Å². The Morgan fingerprint density at radius 1 is 1.22 bits per heavy atom. The Hall–Kier alpha value is -2.84. The first-order valence-electron chi connectivity index (χ1n) is 9.10. The maximum absolute atomic E-state index is 13.1. The Morgan fingerprint density at radius 2 is 1.93 bits per heavy atom. The number of likely N-dealkylation sites (N-methyl/N-ethyl adjacent to an activating group) is 1. The summed E-state index contributed by atoms with van der Waals surface area (Å²) in [5.74, 6) is 12.2. The molecular formula is C19H25N6O2+. The largest absolute Gasteiger partial charge is 0.393 e. The molecule has 0 aromatic rings. The van der Waals surface area contributed by atoms with Gasteiger partial charge in [0, 0.05) is 13.1 Å². The van der Waals surface area contributed by atoms with Crippen LogP contribution in [0.5, 0.6) is 0 Å². The molecule has 0 aliphatic carbocycles. The van der Waals surface area contributed by atoms with Crippen LogP contribution < -0.4 is 5.73 Å². The number of carbonyl (C=O) groups excluding carboxylic acids is 2. The minimum atomic E-state index is -0.666. The van der Waals surface area contributed by atoms with Crippen molar-refractivity contribution in [2.45, 2.75) is 38.8 Å². The fourth-order valence-electron chi connectivity index (χ4n) is 3.58. The molecule has 0 aromatic heterocycles. The summed E-state index contributed by atoms with van der Waals surface area (Å²) < 4.78 is 2.10. The van der Waals surface area contributed by atoms with Gasteiger partial charge in [-0.15, -0.1) is 11.8 Å². The summed E-state index contributed by atoms with van der Waals surface area (Å²) in [5, 5.41) is 0. The van der Waals surface area contributed by atoms with Crippen LogP contribution in [0.3, 0.4) is 0 Å². The van der Waals surface area contributed by atoms with E-state index < -0.39 is 12.1 Å². The summed E-state index contributed by atoms with van der Waals surface area (Å²) in [6.07, 6.45) is 1.94. The number of nitrogens with zero attached hydrogens (tertiary/aromatic N) is 5. The number of nitrogens with two attached hydrogens (primary N) is 1. The van der Waals surface area contributed by atoms with Crippen LogP contribution >= 0.6 is 0 Å². The van der Waals surface area contributed by atoms with E-state index in [-0.39, 0.29) is 18.5 Å². The molecule has 3 heterocycles. The zero-order valence-electron chi connectivity index (χ0n) is 16.0. The molecule has 2 atom stereocenters. The second kappa shape index (κ2) is 7.81. The van der Waals surface area contributed by atoms with Gasteiger partial charge in [-0.25, -0.2) is 14.6 Å². The summed E-state index contributed by atoms with van der Waals surface area (Å²) in [5.41, 5.74) is 6.13. The van der Waals surface area contributed by atoms with E-state index >= 15 is 0 Å². The number of aliphatic imine (C=N–C) groups is 1. The standard InChI is InChI=1S/C19H25N6O2/c1-4-6-11-24-15-16(21-18(24)23-10-8-9-14(20)13-23)22(3)19(27)25(17(15)26)12-7-5-2/h14-15H,8-13,20H2,1-3H3/q+1/t14-,15?/m1/s1. The monoisotopic (exact) mass is 369 g/mol. The number of carbonyl (C=O) groups is 2. The minimum absolute atomic E-state index is 0.0690. The molecule has 0 spiro atoms. The fourth-order valence-corrected chi connectivity index (χ4v) is 3.58. The van der Waals surface area contributed by atoms with Crippen molar-refractivity contribution < 1.29 is 14.2 Å². The molecule has 8 heteroatoms. The van der Waals surface area contributed by atoms with Crippen LogP contribution in [0, 0.1) is 23.7 Å². The topological polar surface area (TPSA) is 85.2 Å². The maximum atomic E-state index is 13.1. The van der Waals surface area contributed by atoms with Crippen molar-refractivity contribution in [3.63, 3.8) is 0 Å². The van der Waals surface area contributed by atoms with Crippen molar-refractivity contribution in [2.75, 3.05) is 33.2 Å². The molecule has 2 N–H and O–H groups in total. The first-order valence-corrected chi connectivity index (χ1v) is 9.10. The molecule has 1 unspecified atom stereocenters. The lowest BCUT2D eigenvalue weighted by Gasteiger charge is -2.34. The molecular weight excluding hydrogens is 344 g/mol. The molecule has 142 valence electrons. The molecule has 2 saturated heterocycles. The third-order valence-corrected chi connectivity index (χ3v) is 4.97. The van der Waals surface area contributed by atoms with E-state index in [4.69, 9.17) is 5.73 Å². The van der Waals surface area contributed by atoms with E-state index in [9.17, 15) is 9.59 Å². The molecule has 0 bridgehead atoms. The SMILES string of the molecule is CC#CCN1C(=O)C2C(=NC(=[N+]3CCC[C@@H](N)C3)N2CC#CC)N(C)C1=O. The van der Waals surface area contributed by atoms with E-state index in [0.717, 1.165) is 19.4 Å². The Kier molecular flexibility index (Phi) is 5.48. The second-order valence-electron chi connectivity index (χ2n) is 6.77. The van der Waals surface area contributed by atoms with Crippen LogP contribution in [0.1, 0.15) is 26.7 Å². The number of guanidine groups is 1. The number of amides is 3. The van der Waals surface area contributed by atoms with Gasteiger partial charge in [-0.2, -0.15) is 0 Å². The third-order valence-electron chi connectivity index (χ3n) is 4.97. The number of fused-ring (bicyclic) bond motifs is 1. The molecule has 0 saturated carbocycles. The van der Waals surface area contributed by atoms with Gasteiger partial charge in [0.2, 0.25) is 11.9 Å². The van der Waals surface area contributed by atoms with Crippen molar-refractivity contribution in [1.29, 1.82) is 0 Å². The predicted molar refractivity (Wildman–Crippen MR) is 102 cm³/mol. The molecule has 2 fully saturated rings. The summed E-state index contributed by atoms with van der Waals surface area (Å²) >= 11 is 0. The average Bonchev–Trinajstić information content (AvgIpc) is 3.04. The highest BCUT2D eigenvalue weighted by Gasteiger charge is 2.55. The van der Waals surface area contributed by atoms with E-state index in [1.165, 1.54) is 9.80 Å². The Balaban J connectivity index is 2.04. The zero-order chi connectivity index (χ0) is 19.6. The Morgan fingerprint density at radius 3 is 2.59 bits per heavy atom. The number of piperidine rings is 1. The minimum Gasteiger partial charge on any atom is -0.325 e. The highest BCUT2D eigenvalue weighted by Crippen LogP contribution is 2.24. The molecule has 27 heavy (non-hydrogen) atoms.